The predicted octanol–water partition coefficient (Wildman–Crippen LogP) is 4.09. The number of hydrogen-bond acceptors (Lipinski definition) is 5. The van der Waals surface area contributed by atoms with Gasteiger partial charge in [-0.15, -0.1) is 0 Å². The molecule has 0 saturated heterocycles. The summed E-state index contributed by atoms with van der Waals surface area (Å²) in [5, 5.41) is 0. The van der Waals surface area contributed by atoms with Crippen LogP contribution in [0.3, 0.4) is 0 Å². The summed E-state index contributed by atoms with van der Waals surface area (Å²) >= 11 is 0. The third-order valence-corrected chi connectivity index (χ3v) is 6.28. The fraction of sp³-hybridized carbons (Fsp3) is 0.250. The fourth-order valence-corrected chi connectivity index (χ4v) is 4.76. The van der Waals surface area contributed by atoms with Crippen LogP contribution in [0.5, 0.6) is 0 Å². The van der Waals surface area contributed by atoms with Crippen LogP contribution in [0.15, 0.2) is 89.9 Å². The van der Waals surface area contributed by atoms with E-state index in [0.29, 0.717) is 18.9 Å². The van der Waals surface area contributed by atoms with Gasteiger partial charge in [0.1, 0.15) is 6.54 Å². The molecule has 6 heteroatoms. The van der Waals surface area contributed by atoms with Crippen molar-refractivity contribution in [1.29, 1.82) is 0 Å². The van der Waals surface area contributed by atoms with E-state index in [9.17, 15) is 9.59 Å². The number of ether oxygens (including phenoxy) is 2. The van der Waals surface area contributed by atoms with Gasteiger partial charge in [0.2, 0.25) is 5.90 Å². The van der Waals surface area contributed by atoms with E-state index in [4.69, 9.17) is 14.5 Å². The molecule has 172 valence electrons. The first-order valence-corrected chi connectivity index (χ1v) is 11.5. The second kappa shape index (κ2) is 9.14. The van der Waals surface area contributed by atoms with E-state index in [1.807, 2.05) is 84.9 Å². The summed E-state index contributed by atoms with van der Waals surface area (Å²) in [5.74, 6) is -0.243. The van der Waals surface area contributed by atoms with Gasteiger partial charge in [0.15, 0.2) is 11.6 Å². The number of fused-ring (bicyclic) bond motifs is 3. The molecule has 3 aromatic rings. The first-order valence-electron chi connectivity index (χ1n) is 11.5. The molecule has 0 saturated carbocycles. The Hall–Kier alpha value is -3.93. The molecule has 6 nitrogen and oxygen atoms in total. The maximum atomic E-state index is 14.3. The number of carbonyl (C=O) groups is 2. The van der Waals surface area contributed by atoms with E-state index in [2.05, 4.69) is 0 Å². The van der Waals surface area contributed by atoms with E-state index in [-0.39, 0.29) is 19.1 Å². The van der Waals surface area contributed by atoms with E-state index in [1.165, 1.54) is 0 Å². The van der Waals surface area contributed by atoms with Crippen molar-refractivity contribution in [2.45, 2.75) is 31.5 Å². The predicted molar refractivity (Wildman–Crippen MR) is 128 cm³/mol. The van der Waals surface area contributed by atoms with E-state index in [0.717, 1.165) is 22.3 Å². The van der Waals surface area contributed by atoms with Gasteiger partial charge >= 0.3 is 5.97 Å². The maximum Gasteiger partial charge on any atom is 0.325 e. The molecular weight excluding hydrogens is 428 g/mol. The molecule has 0 radical (unpaired) electrons. The van der Waals surface area contributed by atoms with Gasteiger partial charge in [-0.05, 0) is 30.2 Å². The van der Waals surface area contributed by atoms with Crippen molar-refractivity contribution in [1.82, 2.24) is 4.90 Å². The quantitative estimate of drug-likeness (QED) is 0.526. The van der Waals surface area contributed by atoms with Crippen LogP contribution in [0.4, 0.5) is 0 Å². The second-order valence-electron chi connectivity index (χ2n) is 8.53. The van der Waals surface area contributed by atoms with Crippen LogP contribution in [-0.4, -0.2) is 41.4 Å². The van der Waals surface area contributed by atoms with Gasteiger partial charge in [0.05, 0.1) is 6.61 Å². The van der Waals surface area contributed by atoms with E-state index < -0.39 is 17.6 Å². The molecule has 1 amide bonds. The van der Waals surface area contributed by atoms with Crippen molar-refractivity contribution in [3.63, 3.8) is 0 Å². The highest BCUT2D eigenvalue weighted by molar-refractivity contribution is 6.02. The third-order valence-electron chi connectivity index (χ3n) is 6.28. The zero-order valence-corrected chi connectivity index (χ0v) is 19.0. The Kier molecular flexibility index (Phi) is 5.88. The lowest BCUT2D eigenvalue weighted by Gasteiger charge is -2.32. The van der Waals surface area contributed by atoms with Crippen LogP contribution >= 0.6 is 0 Å². The number of carbonyl (C=O) groups excluding carboxylic acids is 2. The minimum absolute atomic E-state index is 0.138. The smallest absolute Gasteiger partial charge is 0.325 e. The molecule has 2 atom stereocenters. The minimum Gasteiger partial charge on any atom is -0.466 e. The zero-order chi connectivity index (χ0) is 23.5. The molecule has 0 unspecified atom stereocenters. The van der Waals surface area contributed by atoms with Crippen molar-refractivity contribution in [2.24, 2.45) is 4.99 Å². The van der Waals surface area contributed by atoms with Crippen LogP contribution in [-0.2, 0) is 32.0 Å². The van der Waals surface area contributed by atoms with E-state index in [1.54, 1.807) is 11.8 Å². The summed E-state index contributed by atoms with van der Waals surface area (Å²) < 4.78 is 11.7. The summed E-state index contributed by atoms with van der Waals surface area (Å²) in [4.78, 5) is 33.3. The molecule has 5 rings (SSSR count). The Balaban J connectivity index is 1.67. The average molecular weight is 455 g/mol. The summed E-state index contributed by atoms with van der Waals surface area (Å²) in [6.45, 7) is 2.17. The monoisotopic (exact) mass is 454 g/mol. The zero-order valence-electron chi connectivity index (χ0n) is 19.0. The van der Waals surface area contributed by atoms with Gasteiger partial charge in [-0.1, -0.05) is 72.8 Å². The Morgan fingerprint density at radius 2 is 1.71 bits per heavy atom. The molecular formula is C28H26N2O4. The molecule has 2 heterocycles. The van der Waals surface area contributed by atoms with Gasteiger partial charge in [0, 0.05) is 24.1 Å². The number of rotatable bonds is 6. The number of hydrogen-bond donors (Lipinski definition) is 0. The van der Waals surface area contributed by atoms with Gasteiger partial charge in [-0.2, -0.15) is 0 Å². The molecule has 2 aliphatic heterocycles. The molecule has 0 bridgehead atoms. The topological polar surface area (TPSA) is 68.2 Å². The third kappa shape index (κ3) is 3.96. The van der Waals surface area contributed by atoms with Gasteiger partial charge in [0.25, 0.3) is 5.91 Å². The normalized spacial score (nSPS) is 21.1. The van der Waals surface area contributed by atoms with Gasteiger partial charge in [-0.25, -0.2) is 4.99 Å². The molecule has 34 heavy (non-hydrogen) atoms. The Morgan fingerprint density at radius 3 is 2.44 bits per heavy atom. The lowest BCUT2D eigenvalue weighted by molar-refractivity contribution is -0.152. The molecule has 0 aromatic heterocycles. The SMILES string of the molecule is CCOC(=O)CN1Cc2ccccc2[C@@H]2OC(c3ccccc3)=N[C@]2(Cc2ccccc2)C1=O. The highest BCUT2D eigenvalue weighted by atomic mass is 16.5. The maximum absolute atomic E-state index is 14.3. The van der Waals surface area contributed by atoms with Crippen LogP contribution in [0.2, 0.25) is 0 Å². The number of aliphatic imine (C=N–C) groups is 1. The summed E-state index contributed by atoms with van der Waals surface area (Å²) in [5.41, 5.74) is 2.38. The van der Waals surface area contributed by atoms with Gasteiger partial charge < -0.3 is 14.4 Å². The highest BCUT2D eigenvalue weighted by Gasteiger charge is 2.56. The molecule has 2 aliphatic rings. The minimum atomic E-state index is -1.24. The average Bonchev–Trinajstić information content (AvgIpc) is 3.21. The van der Waals surface area contributed by atoms with Crippen molar-refractivity contribution >= 4 is 17.8 Å². The summed E-state index contributed by atoms with van der Waals surface area (Å²) in [6, 6.07) is 27.3. The van der Waals surface area contributed by atoms with Crippen molar-refractivity contribution < 1.29 is 19.1 Å². The fourth-order valence-electron chi connectivity index (χ4n) is 4.76. The molecule has 0 N–H and O–H groups in total. The molecule has 0 fully saturated rings. The molecule has 0 aliphatic carbocycles. The number of amides is 1. The number of nitrogens with zero attached hydrogens (tertiary/aromatic N) is 2. The largest absolute Gasteiger partial charge is 0.466 e. The Bertz CT molecular complexity index is 1230. The molecule has 0 spiro atoms. The number of benzene rings is 3. The van der Waals surface area contributed by atoms with Crippen molar-refractivity contribution in [3.05, 3.63) is 107 Å². The summed E-state index contributed by atoms with van der Waals surface area (Å²) in [7, 11) is 0. The van der Waals surface area contributed by atoms with Crippen LogP contribution < -0.4 is 0 Å². The van der Waals surface area contributed by atoms with Crippen molar-refractivity contribution in [2.75, 3.05) is 13.2 Å². The molecule has 3 aromatic carbocycles. The van der Waals surface area contributed by atoms with Crippen LogP contribution in [0.25, 0.3) is 0 Å². The summed E-state index contributed by atoms with van der Waals surface area (Å²) in [6.07, 6.45) is -0.264. The highest BCUT2D eigenvalue weighted by Crippen LogP contribution is 2.46. The van der Waals surface area contributed by atoms with E-state index >= 15 is 0 Å². The van der Waals surface area contributed by atoms with Crippen molar-refractivity contribution in [3.8, 4) is 0 Å². The Labute approximate surface area is 198 Å². The lowest BCUT2D eigenvalue weighted by atomic mass is 9.81. The Morgan fingerprint density at radius 1 is 1.03 bits per heavy atom. The van der Waals surface area contributed by atoms with Crippen LogP contribution in [0.1, 0.15) is 35.3 Å². The standard InChI is InChI=1S/C28H26N2O4/c1-2-33-24(31)19-30-18-22-15-9-10-16-23(22)25-28(27(30)32,17-20-11-5-3-6-12-20)29-26(34-25)21-13-7-4-8-14-21/h3-16,25H,2,17-19H2,1H3/t25-,28-/m0/s1. The number of esters is 1. The first-order chi connectivity index (χ1) is 16.6. The first kappa shape index (κ1) is 21.9. The lowest BCUT2D eigenvalue weighted by Crippen LogP contribution is -2.51. The van der Waals surface area contributed by atoms with Crippen LogP contribution in [0, 0.1) is 0 Å². The van der Waals surface area contributed by atoms with Gasteiger partial charge in [-0.3, -0.25) is 9.59 Å². The second-order valence-corrected chi connectivity index (χ2v) is 8.53.